The summed E-state index contributed by atoms with van der Waals surface area (Å²) in [5, 5.41) is 11.9. The van der Waals surface area contributed by atoms with E-state index in [4.69, 9.17) is 9.84 Å². The topological polar surface area (TPSA) is 58.6 Å². The average Bonchev–Trinajstić information content (AvgIpc) is 2.67. The number of aliphatic carboxylic acids is 1. The summed E-state index contributed by atoms with van der Waals surface area (Å²) in [5.41, 5.74) is 3.11. The summed E-state index contributed by atoms with van der Waals surface area (Å²) >= 11 is 0. The Hall–Kier alpha value is -3.19. The number of benzene rings is 2. The lowest BCUT2D eigenvalue weighted by atomic mass is 10.1. The van der Waals surface area contributed by atoms with Gasteiger partial charge in [-0.1, -0.05) is 24.3 Å². The molecule has 4 heteroatoms. The van der Waals surface area contributed by atoms with E-state index >= 15 is 0 Å². The number of carboxylic acid groups (broad SMARTS) is 1. The van der Waals surface area contributed by atoms with Crippen molar-refractivity contribution in [2.24, 2.45) is 0 Å². The van der Waals surface area contributed by atoms with Crippen LogP contribution in [-0.4, -0.2) is 24.7 Å². The number of nitrogens with one attached hydrogen (secondary N) is 1. The first-order chi connectivity index (χ1) is 12.7. The molecule has 0 heterocycles. The number of hydrogen-bond donors (Lipinski definition) is 2. The Labute approximate surface area is 154 Å². The lowest BCUT2D eigenvalue weighted by Crippen LogP contribution is -1.99. The van der Waals surface area contributed by atoms with Gasteiger partial charge < -0.3 is 15.2 Å². The van der Waals surface area contributed by atoms with Crippen LogP contribution in [0.4, 0.5) is 5.69 Å². The molecule has 0 fully saturated rings. The standard InChI is InChI=1S/C22H23NO3/c1-26-21-14-9-18(10-15-21)6-4-2-3-5-17-23-20-12-7-19(8-13-20)11-16-22(24)25/h7-16,23H,4-6,17H2,1H3,(H,24,25)/b16-11+. The molecule has 26 heavy (non-hydrogen) atoms. The second-order valence-corrected chi connectivity index (χ2v) is 5.67. The van der Waals surface area contributed by atoms with E-state index in [2.05, 4.69) is 29.3 Å². The third kappa shape index (κ3) is 7.14. The predicted octanol–water partition coefficient (Wildman–Crippen LogP) is 4.23. The van der Waals surface area contributed by atoms with Crippen molar-refractivity contribution >= 4 is 17.7 Å². The van der Waals surface area contributed by atoms with Gasteiger partial charge in [0.05, 0.1) is 7.11 Å². The Morgan fingerprint density at radius 3 is 2.42 bits per heavy atom. The van der Waals surface area contributed by atoms with Crippen molar-refractivity contribution in [2.75, 3.05) is 19.0 Å². The molecule has 2 aromatic rings. The first kappa shape index (κ1) is 19.1. The number of carbonyl (C=O) groups is 1. The van der Waals surface area contributed by atoms with Crippen molar-refractivity contribution in [1.29, 1.82) is 0 Å². The molecule has 0 spiro atoms. The summed E-state index contributed by atoms with van der Waals surface area (Å²) in [7, 11) is 1.67. The number of aryl methyl sites for hydroxylation is 1. The zero-order chi connectivity index (χ0) is 18.6. The largest absolute Gasteiger partial charge is 0.497 e. The molecule has 0 amide bonds. The van der Waals surface area contributed by atoms with Gasteiger partial charge in [0.25, 0.3) is 0 Å². The van der Waals surface area contributed by atoms with Crippen LogP contribution in [0.1, 0.15) is 24.0 Å². The van der Waals surface area contributed by atoms with Crippen molar-refractivity contribution in [3.63, 3.8) is 0 Å². The Bertz CT molecular complexity index is 781. The monoisotopic (exact) mass is 349 g/mol. The minimum Gasteiger partial charge on any atom is -0.497 e. The number of rotatable bonds is 8. The van der Waals surface area contributed by atoms with Crippen LogP contribution in [0.25, 0.3) is 6.08 Å². The van der Waals surface area contributed by atoms with Crippen molar-refractivity contribution in [1.82, 2.24) is 0 Å². The van der Waals surface area contributed by atoms with Crippen LogP contribution >= 0.6 is 0 Å². The average molecular weight is 349 g/mol. The van der Waals surface area contributed by atoms with Gasteiger partial charge in [-0.3, -0.25) is 0 Å². The number of hydrogen-bond acceptors (Lipinski definition) is 3. The molecule has 0 aliphatic carbocycles. The van der Waals surface area contributed by atoms with E-state index in [1.54, 1.807) is 13.2 Å². The highest BCUT2D eigenvalue weighted by molar-refractivity contribution is 5.85. The van der Waals surface area contributed by atoms with Crippen LogP contribution in [0.5, 0.6) is 5.75 Å². The Morgan fingerprint density at radius 1 is 1.08 bits per heavy atom. The maximum atomic E-state index is 10.5. The first-order valence-corrected chi connectivity index (χ1v) is 8.51. The summed E-state index contributed by atoms with van der Waals surface area (Å²) in [4.78, 5) is 10.5. The fraction of sp³-hybridized carbons (Fsp3) is 0.227. The Morgan fingerprint density at radius 2 is 1.77 bits per heavy atom. The fourth-order valence-electron chi connectivity index (χ4n) is 2.32. The smallest absolute Gasteiger partial charge is 0.328 e. The van der Waals surface area contributed by atoms with E-state index < -0.39 is 5.97 Å². The zero-order valence-electron chi connectivity index (χ0n) is 14.9. The normalized spacial score (nSPS) is 10.2. The maximum Gasteiger partial charge on any atom is 0.328 e. The predicted molar refractivity (Wildman–Crippen MR) is 105 cm³/mol. The highest BCUT2D eigenvalue weighted by Gasteiger charge is 1.94. The van der Waals surface area contributed by atoms with Crippen LogP contribution in [0.2, 0.25) is 0 Å². The molecule has 0 aliphatic heterocycles. The molecule has 0 atom stereocenters. The van der Waals surface area contributed by atoms with E-state index in [9.17, 15) is 4.79 Å². The zero-order valence-corrected chi connectivity index (χ0v) is 14.9. The van der Waals surface area contributed by atoms with Gasteiger partial charge in [-0.05, 0) is 47.9 Å². The molecule has 0 saturated carbocycles. The van der Waals surface area contributed by atoms with E-state index in [1.807, 2.05) is 36.4 Å². The molecule has 4 nitrogen and oxygen atoms in total. The molecular formula is C22H23NO3. The van der Waals surface area contributed by atoms with Crippen molar-refractivity contribution < 1.29 is 14.6 Å². The summed E-state index contributed by atoms with van der Waals surface area (Å²) in [6, 6.07) is 15.7. The minimum absolute atomic E-state index is 0.778. The number of anilines is 1. The Balaban J connectivity index is 1.65. The van der Waals surface area contributed by atoms with Crippen LogP contribution in [0.3, 0.4) is 0 Å². The van der Waals surface area contributed by atoms with Gasteiger partial charge in [-0.15, -0.1) is 11.8 Å². The van der Waals surface area contributed by atoms with Gasteiger partial charge in [-0.2, -0.15) is 0 Å². The van der Waals surface area contributed by atoms with Gasteiger partial charge in [0.15, 0.2) is 0 Å². The third-order valence-corrected chi connectivity index (χ3v) is 3.73. The molecule has 0 saturated heterocycles. The second-order valence-electron chi connectivity index (χ2n) is 5.67. The van der Waals surface area contributed by atoms with Crippen molar-refractivity contribution in [2.45, 2.75) is 19.3 Å². The second kappa shape index (κ2) is 10.6. The lowest BCUT2D eigenvalue weighted by Gasteiger charge is -2.04. The van der Waals surface area contributed by atoms with E-state index in [-0.39, 0.29) is 0 Å². The number of carboxylic acids is 1. The van der Waals surface area contributed by atoms with Gasteiger partial charge in [0, 0.05) is 31.1 Å². The molecule has 0 aromatic heterocycles. The highest BCUT2D eigenvalue weighted by atomic mass is 16.5. The van der Waals surface area contributed by atoms with Crippen molar-refractivity contribution in [3.05, 3.63) is 65.7 Å². The molecule has 0 bridgehead atoms. The minimum atomic E-state index is -0.947. The molecule has 0 radical (unpaired) electrons. The molecule has 2 N–H and O–H groups in total. The fourth-order valence-corrected chi connectivity index (χ4v) is 2.32. The molecule has 134 valence electrons. The Kier molecular flexibility index (Phi) is 7.82. The summed E-state index contributed by atoms with van der Waals surface area (Å²) < 4.78 is 5.14. The highest BCUT2D eigenvalue weighted by Crippen LogP contribution is 2.12. The van der Waals surface area contributed by atoms with Crippen molar-refractivity contribution in [3.8, 4) is 17.6 Å². The lowest BCUT2D eigenvalue weighted by molar-refractivity contribution is -0.131. The van der Waals surface area contributed by atoms with Gasteiger partial charge in [-0.25, -0.2) is 4.79 Å². The first-order valence-electron chi connectivity index (χ1n) is 8.51. The van der Waals surface area contributed by atoms with E-state index in [1.165, 1.54) is 5.56 Å². The summed E-state index contributed by atoms with van der Waals surface area (Å²) in [6.45, 7) is 0.778. The molecular weight excluding hydrogens is 326 g/mol. The summed E-state index contributed by atoms with van der Waals surface area (Å²) in [6.07, 6.45) is 5.26. The van der Waals surface area contributed by atoms with Gasteiger partial charge >= 0.3 is 5.97 Å². The van der Waals surface area contributed by atoms with Crippen LogP contribution in [0, 0.1) is 11.8 Å². The van der Waals surface area contributed by atoms with Crippen LogP contribution in [0.15, 0.2) is 54.6 Å². The maximum absolute atomic E-state index is 10.5. The van der Waals surface area contributed by atoms with E-state index in [0.717, 1.165) is 48.9 Å². The SMILES string of the molecule is COc1ccc(CCC#CCCNc2ccc(/C=C/C(=O)O)cc2)cc1. The van der Waals surface area contributed by atoms with Gasteiger partial charge in [0.2, 0.25) is 0 Å². The van der Waals surface area contributed by atoms with Crippen LogP contribution < -0.4 is 10.1 Å². The van der Waals surface area contributed by atoms with Gasteiger partial charge in [0.1, 0.15) is 5.75 Å². The molecule has 0 aliphatic rings. The molecule has 2 aromatic carbocycles. The quantitative estimate of drug-likeness (QED) is 0.425. The number of methoxy groups -OCH3 is 1. The summed E-state index contributed by atoms with van der Waals surface area (Å²) in [5.74, 6) is 6.30. The third-order valence-electron chi connectivity index (χ3n) is 3.73. The molecule has 2 rings (SSSR count). The van der Waals surface area contributed by atoms with Crippen LogP contribution in [-0.2, 0) is 11.2 Å². The number of ether oxygens (including phenoxy) is 1. The van der Waals surface area contributed by atoms with E-state index in [0.29, 0.717) is 0 Å². The molecule has 0 unspecified atom stereocenters.